The Kier molecular flexibility index (Phi) is 4.77. The summed E-state index contributed by atoms with van der Waals surface area (Å²) in [6.07, 6.45) is 0.164. The molecule has 0 spiro atoms. The maximum absolute atomic E-state index is 9.10. The van der Waals surface area contributed by atoms with Crippen LogP contribution in [0.1, 0.15) is 6.42 Å². The standard InChI is InChI=1S/C9H19NO4/c1-13-9(2-3-14-7-9)6-10-4-8(12)5-11/h8,10-12H,2-7H2,1H3/t8-,9?/m0/s1. The fraction of sp³-hybridized carbons (Fsp3) is 1.00. The maximum Gasteiger partial charge on any atom is 0.106 e. The highest BCUT2D eigenvalue weighted by Crippen LogP contribution is 2.21. The molecule has 3 N–H and O–H groups in total. The van der Waals surface area contributed by atoms with E-state index in [1.807, 2.05) is 0 Å². The van der Waals surface area contributed by atoms with E-state index in [0.717, 1.165) is 13.0 Å². The third-order valence-electron chi connectivity index (χ3n) is 2.54. The van der Waals surface area contributed by atoms with E-state index >= 15 is 0 Å². The van der Waals surface area contributed by atoms with Gasteiger partial charge in [0.2, 0.25) is 0 Å². The van der Waals surface area contributed by atoms with Gasteiger partial charge in [0.15, 0.2) is 0 Å². The molecule has 0 bridgehead atoms. The summed E-state index contributed by atoms with van der Waals surface area (Å²) < 4.78 is 10.6. The molecule has 1 heterocycles. The molecule has 0 aromatic rings. The molecular formula is C9H19NO4. The Labute approximate surface area is 84.0 Å². The minimum absolute atomic E-state index is 0.219. The van der Waals surface area contributed by atoms with Gasteiger partial charge in [-0.2, -0.15) is 0 Å². The van der Waals surface area contributed by atoms with Crippen molar-refractivity contribution in [3.8, 4) is 0 Å². The van der Waals surface area contributed by atoms with E-state index in [1.54, 1.807) is 7.11 Å². The molecule has 1 aliphatic rings. The first kappa shape index (κ1) is 11.9. The van der Waals surface area contributed by atoms with Gasteiger partial charge in [0.1, 0.15) is 5.60 Å². The molecule has 14 heavy (non-hydrogen) atoms. The third kappa shape index (κ3) is 3.18. The monoisotopic (exact) mass is 205 g/mol. The highest BCUT2D eigenvalue weighted by molar-refractivity contribution is 4.87. The van der Waals surface area contributed by atoms with Gasteiger partial charge in [-0.3, -0.25) is 0 Å². The number of aliphatic hydroxyl groups excluding tert-OH is 2. The number of methoxy groups -OCH3 is 1. The van der Waals surface area contributed by atoms with Crippen LogP contribution in [0, 0.1) is 0 Å². The molecule has 5 nitrogen and oxygen atoms in total. The van der Waals surface area contributed by atoms with E-state index in [0.29, 0.717) is 19.7 Å². The van der Waals surface area contributed by atoms with Crippen LogP contribution >= 0.6 is 0 Å². The second-order valence-corrected chi connectivity index (χ2v) is 3.66. The summed E-state index contributed by atoms with van der Waals surface area (Å²) in [5, 5.41) is 20.8. The summed E-state index contributed by atoms with van der Waals surface area (Å²) in [6, 6.07) is 0. The van der Waals surface area contributed by atoms with Gasteiger partial charge in [0.25, 0.3) is 0 Å². The molecule has 2 atom stereocenters. The van der Waals surface area contributed by atoms with Crippen molar-refractivity contribution < 1.29 is 19.7 Å². The molecule has 0 aliphatic carbocycles. The third-order valence-corrected chi connectivity index (χ3v) is 2.54. The summed E-state index contributed by atoms with van der Waals surface area (Å²) in [7, 11) is 1.67. The number of hydrogen-bond acceptors (Lipinski definition) is 5. The summed E-state index contributed by atoms with van der Waals surface area (Å²) in [6.45, 7) is 2.11. The predicted molar refractivity (Wildman–Crippen MR) is 51.1 cm³/mol. The van der Waals surface area contributed by atoms with Crippen LogP contribution in [0.3, 0.4) is 0 Å². The number of hydrogen-bond donors (Lipinski definition) is 3. The summed E-state index contributed by atoms with van der Waals surface area (Å²) >= 11 is 0. The van der Waals surface area contributed by atoms with Crippen molar-refractivity contribution in [2.45, 2.75) is 18.1 Å². The summed E-state index contributed by atoms with van der Waals surface area (Å²) in [5.41, 5.74) is -0.255. The van der Waals surface area contributed by atoms with E-state index < -0.39 is 6.10 Å². The number of ether oxygens (including phenoxy) is 2. The first-order valence-electron chi connectivity index (χ1n) is 4.85. The van der Waals surface area contributed by atoms with Crippen molar-refractivity contribution in [1.82, 2.24) is 5.32 Å². The average molecular weight is 205 g/mol. The maximum atomic E-state index is 9.10. The van der Waals surface area contributed by atoms with Crippen LogP contribution in [0.2, 0.25) is 0 Å². The lowest BCUT2D eigenvalue weighted by molar-refractivity contribution is -0.0182. The first-order valence-corrected chi connectivity index (χ1v) is 4.85. The van der Waals surface area contributed by atoms with Gasteiger partial charge in [-0.15, -0.1) is 0 Å². The van der Waals surface area contributed by atoms with E-state index in [9.17, 15) is 0 Å². The van der Waals surface area contributed by atoms with E-state index in [-0.39, 0.29) is 12.2 Å². The Bertz CT molecular complexity index is 159. The largest absolute Gasteiger partial charge is 0.394 e. The number of nitrogens with one attached hydrogen (secondary N) is 1. The minimum atomic E-state index is -0.703. The summed E-state index contributed by atoms with van der Waals surface area (Å²) in [4.78, 5) is 0. The molecule has 1 rings (SSSR count). The number of rotatable bonds is 6. The smallest absolute Gasteiger partial charge is 0.106 e. The molecule has 0 saturated carbocycles. The fourth-order valence-electron chi connectivity index (χ4n) is 1.49. The molecule has 1 unspecified atom stereocenters. The molecular weight excluding hydrogens is 186 g/mol. The molecule has 5 heteroatoms. The quantitative estimate of drug-likeness (QED) is 0.504. The Morgan fingerprint density at radius 2 is 2.43 bits per heavy atom. The van der Waals surface area contributed by atoms with Gasteiger partial charge in [0, 0.05) is 33.2 Å². The Hall–Kier alpha value is -0.200. The second kappa shape index (κ2) is 5.63. The molecule has 0 amide bonds. The Morgan fingerprint density at radius 1 is 1.64 bits per heavy atom. The van der Waals surface area contributed by atoms with Crippen LogP contribution < -0.4 is 5.32 Å². The van der Waals surface area contributed by atoms with Crippen molar-refractivity contribution in [3.05, 3.63) is 0 Å². The van der Waals surface area contributed by atoms with E-state index in [1.165, 1.54) is 0 Å². The number of aliphatic hydroxyl groups is 2. The van der Waals surface area contributed by atoms with Crippen molar-refractivity contribution in [1.29, 1.82) is 0 Å². The zero-order valence-electron chi connectivity index (χ0n) is 8.53. The molecule has 0 aromatic heterocycles. The van der Waals surface area contributed by atoms with Crippen molar-refractivity contribution in [2.75, 3.05) is 40.0 Å². The molecule has 1 fully saturated rings. The molecule has 84 valence electrons. The van der Waals surface area contributed by atoms with Crippen LogP contribution in [0.25, 0.3) is 0 Å². The lowest BCUT2D eigenvalue weighted by Gasteiger charge is -2.26. The fourth-order valence-corrected chi connectivity index (χ4v) is 1.49. The topological polar surface area (TPSA) is 71.0 Å². The van der Waals surface area contributed by atoms with Crippen LogP contribution in [0.15, 0.2) is 0 Å². The van der Waals surface area contributed by atoms with Crippen LogP contribution in [0.5, 0.6) is 0 Å². The SMILES string of the molecule is COC1(CNC[C@H](O)CO)CCOC1. The molecule has 0 aromatic carbocycles. The van der Waals surface area contributed by atoms with Crippen molar-refractivity contribution >= 4 is 0 Å². The van der Waals surface area contributed by atoms with Crippen LogP contribution in [-0.2, 0) is 9.47 Å². The first-order chi connectivity index (χ1) is 6.72. The van der Waals surface area contributed by atoms with Gasteiger partial charge in [-0.1, -0.05) is 0 Å². The second-order valence-electron chi connectivity index (χ2n) is 3.66. The van der Waals surface area contributed by atoms with Gasteiger partial charge in [0.05, 0.1) is 19.3 Å². The van der Waals surface area contributed by atoms with Crippen molar-refractivity contribution in [2.24, 2.45) is 0 Å². The van der Waals surface area contributed by atoms with E-state index in [2.05, 4.69) is 5.32 Å². The van der Waals surface area contributed by atoms with Gasteiger partial charge in [-0.05, 0) is 0 Å². The van der Waals surface area contributed by atoms with Gasteiger partial charge >= 0.3 is 0 Å². The average Bonchev–Trinajstić information content (AvgIpc) is 2.67. The van der Waals surface area contributed by atoms with Crippen LogP contribution in [0.4, 0.5) is 0 Å². The zero-order valence-corrected chi connectivity index (χ0v) is 8.53. The minimum Gasteiger partial charge on any atom is -0.394 e. The normalized spacial score (nSPS) is 29.4. The lowest BCUT2D eigenvalue weighted by Crippen LogP contribution is -2.45. The molecule has 1 saturated heterocycles. The lowest BCUT2D eigenvalue weighted by atomic mass is 10.0. The zero-order chi connectivity index (χ0) is 10.4. The van der Waals surface area contributed by atoms with E-state index in [4.69, 9.17) is 19.7 Å². The molecule has 1 aliphatic heterocycles. The summed E-state index contributed by atoms with van der Waals surface area (Å²) in [5.74, 6) is 0. The van der Waals surface area contributed by atoms with Crippen molar-refractivity contribution in [3.63, 3.8) is 0 Å². The Morgan fingerprint density at radius 3 is 2.93 bits per heavy atom. The highest BCUT2D eigenvalue weighted by Gasteiger charge is 2.34. The Balaban J connectivity index is 2.21. The molecule has 0 radical (unpaired) electrons. The highest BCUT2D eigenvalue weighted by atomic mass is 16.5. The van der Waals surface area contributed by atoms with Gasteiger partial charge < -0.3 is 25.0 Å². The predicted octanol–water partition coefficient (Wildman–Crippen LogP) is -1.27. The van der Waals surface area contributed by atoms with Crippen LogP contribution in [-0.4, -0.2) is 61.9 Å². The van der Waals surface area contributed by atoms with Gasteiger partial charge in [-0.25, -0.2) is 0 Å².